The smallest absolute Gasteiger partial charge is 0.287 e. The predicted octanol–water partition coefficient (Wildman–Crippen LogP) is 3.83. The van der Waals surface area contributed by atoms with Crippen molar-refractivity contribution in [2.75, 3.05) is 12.9 Å². The molecule has 0 fully saturated rings. The molecule has 138 valence electrons. The lowest BCUT2D eigenvalue weighted by atomic mass is 10.1. The van der Waals surface area contributed by atoms with E-state index < -0.39 is 0 Å². The zero-order valence-corrected chi connectivity index (χ0v) is 16.2. The number of thioether (sulfide) groups is 1. The minimum absolute atomic E-state index is 0.0642. The van der Waals surface area contributed by atoms with E-state index >= 15 is 0 Å². The van der Waals surface area contributed by atoms with Crippen LogP contribution in [-0.2, 0) is 0 Å². The van der Waals surface area contributed by atoms with Gasteiger partial charge in [0.05, 0.1) is 12.9 Å². The first-order valence-electron chi connectivity index (χ1n) is 8.44. The van der Waals surface area contributed by atoms with Gasteiger partial charge in [-0.2, -0.15) is 0 Å². The molecule has 0 unspecified atom stereocenters. The largest absolute Gasteiger partial charge is 0.497 e. The van der Waals surface area contributed by atoms with E-state index in [0.29, 0.717) is 16.3 Å². The Balaban J connectivity index is 1.79. The summed E-state index contributed by atoms with van der Waals surface area (Å²) >= 11 is 1.15. The number of aromatic nitrogens is 2. The van der Waals surface area contributed by atoms with Crippen molar-refractivity contribution < 1.29 is 9.53 Å². The Hall–Kier alpha value is -2.86. The van der Waals surface area contributed by atoms with Gasteiger partial charge < -0.3 is 4.74 Å². The summed E-state index contributed by atoms with van der Waals surface area (Å²) in [7, 11) is 1.58. The van der Waals surface area contributed by atoms with E-state index in [9.17, 15) is 9.59 Å². The maximum Gasteiger partial charge on any atom is 0.287 e. The van der Waals surface area contributed by atoms with Crippen molar-refractivity contribution in [3.05, 3.63) is 81.9 Å². The van der Waals surface area contributed by atoms with Crippen LogP contribution in [-0.4, -0.2) is 28.2 Å². The molecule has 0 N–H and O–H groups in total. The van der Waals surface area contributed by atoms with Crippen LogP contribution in [0.15, 0.2) is 64.7 Å². The van der Waals surface area contributed by atoms with Gasteiger partial charge in [-0.25, -0.2) is 4.98 Å². The highest BCUT2D eigenvalue weighted by Gasteiger charge is 2.12. The van der Waals surface area contributed by atoms with E-state index in [1.165, 1.54) is 0 Å². The van der Waals surface area contributed by atoms with Gasteiger partial charge in [0.2, 0.25) is 0 Å². The summed E-state index contributed by atoms with van der Waals surface area (Å²) in [5.41, 5.74) is 3.31. The van der Waals surface area contributed by atoms with Gasteiger partial charge >= 0.3 is 0 Å². The van der Waals surface area contributed by atoms with Gasteiger partial charge in [0.15, 0.2) is 10.8 Å². The number of aryl methyl sites for hydroxylation is 2. The zero-order chi connectivity index (χ0) is 19.4. The van der Waals surface area contributed by atoms with Crippen LogP contribution < -0.4 is 10.3 Å². The Morgan fingerprint density at radius 1 is 1.11 bits per heavy atom. The highest BCUT2D eigenvalue weighted by atomic mass is 32.2. The maximum atomic E-state index is 12.8. The first-order valence-corrected chi connectivity index (χ1v) is 9.43. The van der Waals surface area contributed by atoms with E-state index in [4.69, 9.17) is 4.74 Å². The van der Waals surface area contributed by atoms with Crippen molar-refractivity contribution in [1.82, 2.24) is 9.55 Å². The average Bonchev–Trinajstić information content (AvgIpc) is 2.66. The predicted molar refractivity (Wildman–Crippen MR) is 107 cm³/mol. The SMILES string of the molecule is COc1ccc(C(=O)CSc2nccn(-c3cc(C)cc(C)c3)c2=O)cc1. The summed E-state index contributed by atoms with van der Waals surface area (Å²) in [5.74, 6) is 0.775. The molecule has 3 aromatic rings. The number of Topliss-reactive ketones (excluding diaryl/α,β-unsaturated/α-hetero) is 1. The summed E-state index contributed by atoms with van der Waals surface area (Å²) in [4.78, 5) is 29.3. The van der Waals surface area contributed by atoms with Crippen LogP contribution in [0, 0.1) is 13.8 Å². The molecule has 0 spiro atoms. The van der Waals surface area contributed by atoms with Crippen LogP contribution in [0.2, 0.25) is 0 Å². The molecular formula is C21H20N2O3S. The standard InChI is InChI=1S/C21H20N2O3S/c1-14-10-15(2)12-17(11-14)23-9-8-22-20(21(23)25)27-13-19(24)16-4-6-18(26-3)7-5-16/h4-12H,13H2,1-3H3. The van der Waals surface area contributed by atoms with E-state index in [1.54, 1.807) is 48.3 Å². The van der Waals surface area contributed by atoms with Crippen molar-refractivity contribution in [3.8, 4) is 11.4 Å². The summed E-state index contributed by atoms with van der Waals surface area (Å²) in [5, 5.41) is 0.304. The van der Waals surface area contributed by atoms with Gasteiger partial charge in [-0.1, -0.05) is 17.8 Å². The lowest BCUT2D eigenvalue weighted by Gasteiger charge is -2.09. The summed E-state index contributed by atoms with van der Waals surface area (Å²) in [6, 6.07) is 12.9. The van der Waals surface area contributed by atoms with E-state index in [0.717, 1.165) is 28.6 Å². The van der Waals surface area contributed by atoms with Crippen LogP contribution in [0.5, 0.6) is 5.75 Å². The molecule has 0 amide bonds. The number of hydrogen-bond donors (Lipinski definition) is 0. The molecule has 0 atom stereocenters. The minimum Gasteiger partial charge on any atom is -0.497 e. The molecule has 1 aromatic heterocycles. The third kappa shape index (κ3) is 4.46. The Kier molecular flexibility index (Phi) is 5.76. The molecule has 0 aliphatic carbocycles. The number of ketones is 1. The topological polar surface area (TPSA) is 61.2 Å². The van der Waals surface area contributed by atoms with Crippen LogP contribution in [0.3, 0.4) is 0 Å². The van der Waals surface area contributed by atoms with E-state index in [-0.39, 0.29) is 17.1 Å². The Morgan fingerprint density at radius 3 is 2.41 bits per heavy atom. The average molecular weight is 380 g/mol. The van der Waals surface area contributed by atoms with Gasteiger partial charge in [-0.3, -0.25) is 14.2 Å². The number of carbonyl (C=O) groups excluding carboxylic acids is 1. The van der Waals surface area contributed by atoms with Gasteiger partial charge in [0.25, 0.3) is 5.56 Å². The van der Waals surface area contributed by atoms with Crippen LogP contribution in [0.25, 0.3) is 5.69 Å². The lowest BCUT2D eigenvalue weighted by Crippen LogP contribution is -2.21. The van der Waals surface area contributed by atoms with Crippen molar-refractivity contribution in [3.63, 3.8) is 0 Å². The fourth-order valence-corrected chi connectivity index (χ4v) is 3.57. The maximum absolute atomic E-state index is 12.8. The Labute approximate surface area is 162 Å². The van der Waals surface area contributed by atoms with E-state index in [1.807, 2.05) is 26.0 Å². The molecule has 2 aromatic carbocycles. The first kappa shape index (κ1) is 18.9. The third-order valence-corrected chi connectivity index (χ3v) is 5.01. The number of hydrogen-bond acceptors (Lipinski definition) is 5. The molecule has 0 radical (unpaired) electrons. The second-order valence-electron chi connectivity index (χ2n) is 6.19. The Morgan fingerprint density at radius 2 is 1.78 bits per heavy atom. The number of nitrogens with zero attached hydrogens (tertiary/aromatic N) is 2. The second-order valence-corrected chi connectivity index (χ2v) is 7.16. The van der Waals surface area contributed by atoms with Gasteiger partial charge in [0.1, 0.15) is 5.75 Å². The van der Waals surface area contributed by atoms with E-state index in [2.05, 4.69) is 11.1 Å². The zero-order valence-electron chi connectivity index (χ0n) is 15.4. The third-order valence-electron chi connectivity index (χ3n) is 4.05. The van der Waals surface area contributed by atoms with Crippen LogP contribution >= 0.6 is 11.8 Å². The molecular weight excluding hydrogens is 360 g/mol. The van der Waals surface area contributed by atoms with Gasteiger partial charge in [-0.15, -0.1) is 0 Å². The van der Waals surface area contributed by atoms with Crippen molar-refractivity contribution in [2.45, 2.75) is 18.9 Å². The fraction of sp³-hybridized carbons (Fsp3) is 0.190. The molecule has 6 heteroatoms. The number of ether oxygens (including phenoxy) is 1. The summed E-state index contributed by atoms with van der Waals surface area (Å²) in [6.07, 6.45) is 3.23. The lowest BCUT2D eigenvalue weighted by molar-refractivity contribution is 0.102. The number of benzene rings is 2. The summed E-state index contributed by atoms with van der Waals surface area (Å²) < 4.78 is 6.66. The molecule has 0 saturated carbocycles. The summed E-state index contributed by atoms with van der Waals surface area (Å²) in [6.45, 7) is 3.98. The van der Waals surface area contributed by atoms with Crippen molar-refractivity contribution in [2.24, 2.45) is 0 Å². The second kappa shape index (κ2) is 8.22. The molecule has 1 heterocycles. The van der Waals surface area contributed by atoms with Crippen LogP contribution in [0.1, 0.15) is 21.5 Å². The number of methoxy groups -OCH3 is 1. The molecule has 0 aliphatic rings. The highest BCUT2D eigenvalue weighted by molar-refractivity contribution is 7.99. The van der Waals surface area contributed by atoms with Gasteiger partial charge in [0, 0.05) is 23.6 Å². The molecule has 0 saturated heterocycles. The number of rotatable bonds is 6. The van der Waals surface area contributed by atoms with Crippen molar-refractivity contribution in [1.29, 1.82) is 0 Å². The Bertz CT molecular complexity index is 1010. The number of carbonyl (C=O) groups is 1. The fourth-order valence-electron chi connectivity index (χ4n) is 2.78. The molecule has 0 aliphatic heterocycles. The quantitative estimate of drug-likeness (QED) is 0.480. The molecule has 5 nitrogen and oxygen atoms in total. The highest BCUT2D eigenvalue weighted by Crippen LogP contribution is 2.17. The van der Waals surface area contributed by atoms with Crippen molar-refractivity contribution >= 4 is 17.5 Å². The molecule has 3 rings (SSSR count). The monoisotopic (exact) mass is 380 g/mol. The van der Waals surface area contributed by atoms with Crippen LogP contribution in [0.4, 0.5) is 0 Å². The molecule has 0 bridgehead atoms. The first-order chi connectivity index (χ1) is 13.0. The normalized spacial score (nSPS) is 10.6. The molecule has 27 heavy (non-hydrogen) atoms. The minimum atomic E-state index is -0.227. The van der Waals surface area contributed by atoms with Gasteiger partial charge in [-0.05, 0) is 61.4 Å².